The maximum Gasteiger partial charge on any atom is 0.237 e. The van der Waals surface area contributed by atoms with Crippen LogP contribution in [0.5, 0.6) is 0 Å². The molecule has 22 heavy (non-hydrogen) atoms. The van der Waals surface area contributed by atoms with E-state index in [-0.39, 0.29) is 18.3 Å². The summed E-state index contributed by atoms with van der Waals surface area (Å²) in [5.74, 6) is -0.0769. The summed E-state index contributed by atoms with van der Waals surface area (Å²) in [7, 11) is 0. The number of nitrogens with two attached hydrogens (primary N) is 1. The third kappa shape index (κ3) is 6.29. The number of halogens is 1. The Kier molecular flexibility index (Phi) is 8.26. The zero-order valence-corrected chi connectivity index (χ0v) is 13.4. The Labute approximate surface area is 138 Å². The maximum absolute atomic E-state index is 11.9. The normalized spacial score (nSPS) is 11.3. The summed E-state index contributed by atoms with van der Waals surface area (Å²) in [4.78, 5) is 11.9. The minimum absolute atomic E-state index is 0. The molecule has 0 saturated heterocycles. The molecule has 1 atom stereocenters. The topological polar surface area (TPSA) is 55.1 Å². The van der Waals surface area contributed by atoms with Gasteiger partial charge in [0, 0.05) is 6.54 Å². The van der Waals surface area contributed by atoms with Crippen LogP contribution in [0.25, 0.3) is 0 Å². The largest absolute Gasteiger partial charge is 0.355 e. The van der Waals surface area contributed by atoms with Crippen molar-refractivity contribution in [3.05, 3.63) is 71.8 Å². The second kappa shape index (κ2) is 9.98. The molecule has 2 rings (SSSR count). The molecule has 4 heteroatoms. The van der Waals surface area contributed by atoms with Crippen molar-refractivity contribution in [2.24, 2.45) is 5.73 Å². The van der Waals surface area contributed by atoms with Crippen molar-refractivity contribution in [1.29, 1.82) is 0 Å². The molecule has 0 heterocycles. The summed E-state index contributed by atoms with van der Waals surface area (Å²) >= 11 is 0. The van der Waals surface area contributed by atoms with Gasteiger partial charge in [-0.2, -0.15) is 0 Å². The van der Waals surface area contributed by atoms with Gasteiger partial charge in [0.05, 0.1) is 6.04 Å². The molecule has 0 spiro atoms. The van der Waals surface area contributed by atoms with Crippen molar-refractivity contribution in [2.45, 2.75) is 25.3 Å². The molecular weight excluding hydrogens is 296 g/mol. The van der Waals surface area contributed by atoms with E-state index < -0.39 is 6.04 Å². The van der Waals surface area contributed by atoms with Crippen LogP contribution in [0.4, 0.5) is 0 Å². The van der Waals surface area contributed by atoms with E-state index in [2.05, 4.69) is 17.4 Å². The van der Waals surface area contributed by atoms with Gasteiger partial charge in [-0.05, 0) is 30.4 Å². The molecule has 0 aliphatic carbocycles. The number of carbonyl (C=O) groups excluding carboxylic acids is 1. The molecule has 2 aromatic rings. The quantitative estimate of drug-likeness (QED) is 0.771. The Balaban J connectivity index is 0.00000242. The van der Waals surface area contributed by atoms with Crippen molar-refractivity contribution in [1.82, 2.24) is 5.32 Å². The first-order valence-corrected chi connectivity index (χ1v) is 7.37. The number of benzene rings is 2. The van der Waals surface area contributed by atoms with Gasteiger partial charge in [-0.3, -0.25) is 4.79 Å². The molecular formula is C18H23ClN2O. The van der Waals surface area contributed by atoms with Gasteiger partial charge in [-0.1, -0.05) is 60.7 Å². The smallest absolute Gasteiger partial charge is 0.237 e. The molecule has 0 fully saturated rings. The Morgan fingerprint density at radius 3 is 2.09 bits per heavy atom. The first-order valence-electron chi connectivity index (χ1n) is 7.37. The molecule has 0 radical (unpaired) electrons. The average molecular weight is 319 g/mol. The van der Waals surface area contributed by atoms with Crippen molar-refractivity contribution >= 4 is 18.3 Å². The first-order chi connectivity index (χ1) is 10.3. The van der Waals surface area contributed by atoms with Gasteiger partial charge in [0.2, 0.25) is 5.91 Å². The second-order valence-electron chi connectivity index (χ2n) is 5.18. The van der Waals surface area contributed by atoms with Gasteiger partial charge in [0.15, 0.2) is 0 Å². The van der Waals surface area contributed by atoms with E-state index in [0.29, 0.717) is 13.0 Å². The summed E-state index contributed by atoms with van der Waals surface area (Å²) in [6.45, 7) is 0.663. The Morgan fingerprint density at radius 2 is 1.50 bits per heavy atom. The summed E-state index contributed by atoms with van der Waals surface area (Å²) in [5, 5.41) is 2.91. The highest BCUT2D eigenvalue weighted by molar-refractivity contribution is 5.85. The van der Waals surface area contributed by atoms with Crippen LogP contribution in [-0.4, -0.2) is 18.5 Å². The Bertz CT molecular complexity index is 546. The molecule has 0 aliphatic heterocycles. The van der Waals surface area contributed by atoms with Gasteiger partial charge in [0.1, 0.15) is 0 Å². The van der Waals surface area contributed by atoms with Crippen LogP contribution in [-0.2, 0) is 17.6 Å². The predicted molar refractivity (Wildman–Crippen MR) is 93.1 cm³/mol. The fourth-order valence-electron chi connectivity index (χ4n) is 2.24. The van der Waals surface area contributed by atoms with Gasteiger partial charge < -0.3 is 11.1 Å². The van der Waals surface area contributed by atoms with Crippen LogP contribution < -0.4 is 11.1 Å². The van der Waals surface area contributed by atoms with Crippen molar-refractivity contribution in [3.63, 3.8) is 0 Å². The van der Waals surface area contributed by atoms with E-state index in [9.17, 15) is 4.79 Å². The predicted octanol–water partition coefficient (Wildman–Crippen LogP) is 2.73. The van der Waals surface area contributed by atoms with Gasteiger partial charge in [-0.25, -0.2) is 0 Å². The number of rotatable bonds is 7. The number of amides is 1. The summed E-state index contributed by atoms with van der Waals surface area (Å²) in [5.41, 5.74) is 8.31. The zero-order valence-electron chi connectivity index (χ0n) is 12.6. The zero-order chi connectivity index (χ0) is 14.9. The fourth-order valence-corrected chi connectivity index (χ4v) is 2.24. The van der Waals surface area contributed by atoms with Crippen molar-refractivity contribution < 1.29 is 4.79 Å². The fraction of sp³-hybridized carbons (Fsp3) is 0.278. The van der Waals surface area contributed by atoms with E-state index in [1.165, 1.54) is 5.56 Å². The van der Waals surface area contributed by atoms with E-state index >= 15 is 0 Å². The average Bonchev–Trinajstić information content (AvgIpc) is 2.53. The standard InChI is InChI=1S/C18H22N2O.ClH/c19-17(14-16-10-5-2-6-11-16)18(21)20-13-7-12-15-8-3-1-4-9-15;/h1-6,8-11,17H,7,12-14,19H2,(H,20,21);1H. The van der Waals surface area contributed by atoms with Crippen LogP contribution in [0, 0.1) is 0 Å². The molecule has 0 aromatic heterocycles. The third-order valence-electron chi connectivity index (χ3n) is 3.42. The molecule has 0 bridgehead atoms. The van der Waals surface area contributed by atoms with Crippen LogP contribution >= 0.6 is 12.4 Å². The molecule has 0 saturated carbocycles. The lowest BCUT2D eigenvalue weighted by Gasteiger charge is -2.12. The lowest BCUT2D eigenvalue weighted by Crippen LogP contribution is -2.42. The number of hydrogen-bond donors (Lipinski definition) is 2. The summed E-state index contributed by atoms with van der Waals surface area (Å²) < 4.78 is 0. The summed E-state index contributed by atoms with van der Waals surface area (Å²) in [6.07, 6.45) is 2.47. The SMILES string of the molecule is Cl.NC(Cc1ccccc1)C(=O)NCCCc1ccccc1. The second-order valence-corrected chi connectivity index (χ2v) is 5.18. The highest BCUT2D eigenvalue weighted by Crippen LogP contribution is 2.03. The van der Waals surface area contributed by atoms with Gasteiger partial charge in [0.25, 0.3) is 0 Å². The molecule has 1 amide bonds. The molecule has 118 valence electrons. The molecule has 1 unspecified atom stereocenters. The van der Waals surface area contributed by atoms with Gasteiger partial charge in [-0.15, -0.1) is 12.4 Å². The van der Waals surface area contributed by atoms with Crippen LogP contribution in [0.3, 0.4) is 0 Å². The van der Waals surface area contributed by atoms with Crippen LogP contribution in [0.1, 0.15) is 17.5 Å². The van der Waals surface area contributed by atoms with Crippen molar-refractivity contribution in [3.8, 4) is 0 Å². The molecule has 2 aromatic carbocycles. The Hall–Kier alpha value is -1.84. The summed E-state index contributed by atoms with van der Waals surface area (Å²) in [6, 6.07) is 19.6. The Morgan fingerprint density at radius 1 is 0.955 bits per heavy atom. The molecule has 0 aliphatic rings. The molecule has 3 nitrogen and oxygen atoms in total. The van der Waals surface area contributed by atoms with E-state index in [1.807, 2.05) is 48.5 Å². The van der Waals surface area contributed by atoms with E-state index in [4.69, 9.17) is 5.73 Å². The minimum atomic E-state index is -0.482. The first kappa shape index (κ1) is 18.2. The van der Waals surface area contributed by atoms with Crippen molar-refractivity contribution in [2.75, 3.05) is 6.54 Å². The highest BCUT2D eigenvalue weighted by Gasteiger charge is 2.12. The third-order valence-corrected chi connectivity index (χ3v) is 3.42. The van der Waals surface area contributed by atoms with Gasteiger partial charge >= 0.3 is 0 Å². The lowest BCUT2D eigenvalue weighted by atomic mass is 10.1. The monoisotopic (exact) mass is 318 g/mol. The van der Waals surface area contributed by atoms with Crippen LogP contribution in [0.2, 0.25) is 0 Å². The maximum atomic E-state index is 11.9. The molecule has 3 N–H and O–H groups in total. The highest BCUT2D eigenvalue weighted by atomic mass is 35.5. The number of hydrogen-bond acceptors (Lipinski definition) is 2. The number of carbonyl (C=O) groups is 1. The van der Waals surface area contributed by atoms with Crippen LogP contribution in [0.15, 0.2) is 60.7 Å². The van der Waals surface area contributed by atoms with E-state index in [0.717, 1.165) is 18.4 Å². The minimum Gasteiger partial charge on any atom is -0.355 e. The van der Waals surface area contributed by atoms with E-state index in [1.54, 1.807) is 0 Å². The number of aryl methyl sites for hydroxylation is 1. The lowest BCUT2D eigenvalue weighted by molar-refractivity contribution is -0.122. The number of nitrogens with one attached hydrogen (secondary N) is 1.